The number of nitrogens with two attached hydrogens (primary N) is 1. The van der Waals surface area contributed by atoms with Gasteiger partial charge in [0.05, 0.1) is 12.7 Å². The molecule has 24 heavy (non-hydrogen) atoms. The van der Waals surface area contributed by atoms with Crippen LogP contribution in [0.25, 0.3) is 0 Å². The summed E-state index contributed by atoms with van der Waals surface area (Å²) >= 11 is 5.91. The summed E-state index contributed by atoms with van der Waals surface area (Å²) in [6.07, 6.45) is 0. The summed E-state index contributed by atoms with van der Waals surface area (Å²) in [4.78, 5) is 23.1. The maximum atomic E-state index is 11.8. The van der Waals surface area contributed by atoms with E-state index in [0.717, 1.165) is 0 Å². The van der Waals surface area contributed by atoms with Crippen molar-refractivity contribution in [3.63, 3.8) is 0 Å². The van der Waals surface area contributed by atoms with E-state index >= 15 is 0 Å². The number of hydrogen-bond donors (Lipinski definition) is 1. The highest BCUT2D eigenvalue weighted by Crippen LogP contribution is 2.23. The van der Waals surface area contributed by atoms with Gasteiger partial charge in [-0.3, -0.25) is 4.79 Å². The predicted octanol–water partition coefficient (Wildman–Crippen LogP) is 2.57. The average Bonchev–Trinajstić information content (AvgIpc) is 2.58. The first-order valence-corrected chi connectivity index (χ1v) is 7.38. The molecule has 0 fully saturated rings. The van der Waals surface area contributed by atoms with Crippen LogP contribution >= 0.6 is 11.6 Å². The topological polar surface area (TPSA) is 87.8 Å². The van der Waals surface area contributed by atoms with E-state index < -0.39 is 11.9 Å². The number of carbonyl (C=O) groups is 2. The molecule has 0 aliphatic rings. The summed E-state index contributed by atoms with van der Waals surface area (Å²) in [5.74, 6) is -0.451. The van der Waals surface area contributed by atoms with Crippen LogP contribution in [0, 0.1) is 0 Å². The summed E-state index contributed by atoms with van der Waals surface area (Å²) in [6, 6.07) is 11.4. The number of esters is 1. The molecule has 0 radical (unpaired) electrons. The second kappa shape index (κ2) is 8.21. The van der Waals surface area contributed by atoms with Gasteiger partial charge >= 0.3 is 5.97 Å². The standard InChI is InChI=1S/C17H16ClNO5/c1-22-14-7-6-12(18)8-11(14)9-24-16(20)10-23-15-5-3-2-4-13(15)17(19)21/h2-8H,9-10H2,1H3,(H2,19,21). The van der Waals surface area contributed by atoms with Crippen molar-refractivity contribution < 1.29 is 23.8 Å². The van der Waals surface area contributed by atoms with Gasteiger partial charge in [0.15, 0.2) is 6.61 Å². The summed E-state index contributed by atoms with van der Waals surface area (Å²) in [7, 11) is 1.51. The molecule has 0 atom stereocenters. The van der Waals surface area contributed by atoms with Crippen LogP contribution in [0.3, 0.4) is 0 Å². The van der Waals surface area contributed by atoms with Gasteiger partial charge in [-0.25, -0.2) is 4.79 Å². The van der Waals surface area contributed by atoms with Crippen LogP contribution in [-0.2, 0) is 16.1 Å². The molecular weight excluding hydrogens is 334 g/mol. The van der Waals surface area contributed by atoms with Gasteiger partial charge in [0.2, 0.25) is 0 Å². The second-order valence-corrected chi connectivity index (χ2v) is 5.20. The third-order valence-electron chi connectivity index (χ3n) is 3.13. The molecule has 6 nitrogen and oxygen atoms in total. The monoisotopic (exact) mass is 349 g/mol. The number of para-hydroxylation sites is 1. The molecule has 7 heteroatoms. The lowest BCUT2D eigenvalue weighted by Crippen LogP contribution is -2.18. The van der Waals surface area contributed by atoms with E-state index in [0.29, 0.717) is 16.3 Å². The van der Waals surface area contributed by atoms with Crippen LogP contribution in [0.5, 0.6) is 11.5 Å². The summed E-state index contributed by atoms with van der Waals surface area (Å²) in [5, 5.41) is 0.508. The van der Waals surface area contributed by atoms with Crippen molar-refractivity contribution in [2.45, 2.75) is 6.61 Å². The minimum atomic E-state index is -0.636. The van der Waals surface area contributed by atoms with Crippen molar-refractivity contribution in [2.24, 2.45) is 5.73 Å². The summed E-state index contributed by atoms with van der Waals surface area (Å²) in [6.45, 7) is -0.365. The Morgan fingerprint density at radius 3 is 2.58 bits per heavy atom. The second-order valence-electron chi connectivity index (χ2n) is 4.77. The zero-order valence-electron chi connectivity index (χ0n) is 13.0. The average molecular weight is 350 g/mol. The molecular formula is C17H16ClNO5. The highest BCUT2D eigenvalue weighted by atomic mass is 35.5. The van der Waals surface area contributed by atoms with Gasteiger partial charge < -0.3 is 19.9 Å². The SMILES string of the molecule is COc1ccc(Cl)cc1COC(=O)COc1ccccc1C(N)=O. The van der Waals surface area contributed by atoms with Gasteiger partial charge in [-0.2, -0.15) is 0 Å². The maximum Gasteiger partial charge on any atom is 0.344 e. The zero-order valence-corrected chi connectivity index (χ0v) is 13.7. The Kier molecular flexibility index (Phi) is 6.03. The largest absolute Gasteiger partial charge is 0.496 e. The third-order valence-corrected chi connectivity index (χ3v) is 3.36. The van der Waals surface area contributed by atoms with Crippen LogP contribution in [-0.4, -0.2) is 25.6 Å². The molecule has 2 aromatic carbocycles. The zero-order chi connectivity index (χ0) is 17.5. The van der Waals surface area contributed by atoms with Gasteiger partial charge in [-0.05, 0) is 30.3 Å². The molecule has 0 saturated carbocycles. The first-order valence-electron chi connectivity index (χ1n) is 7.01. The Hall–Kier alpha value is -2.73. The van der Waals surface area contributed by atoms with Crippen LogP contribution < -0.4 is 15.2 Å². The molecule has 0 aliphatic carbocycles. The smallest absolute Gasteiger partial charge is 0.344 e. The highest BCUT2D eigenvalue weighted by Gasteiger charge is 2.12. The molecule has 2 aromatic rings. The fourth-order valence-corrected chi connectivity index (χ4v) is 2.19. The first kappa shape index (κ1) is 17.6. The van der Waals surface area contributed by atoms with Crippen LogP contribution in [0.15, 0.2) is 42.5 Å². The van der Waals surface area contributed by atoms with Gasteiger partial charge in [0.25, 0.3) is 5.91 Å². The van der Waals surface area contributed by atoms with Crippen LogP contribution in [0.2, 0.25) is 5.02 Å². The molecule has 2 rings (SSSR count). The Bertz CT molecular complexity index is 748. The quantitative estimate of drug-likeness (QED) is 0.776. The minimum absolute atomic E-state index is 0.0105. The highest BCUT2D eigenvalue weighted by molar-refractivity contribution is 6.30. The number of amides is 1. The van der Waals surface area contributed by atoms with Crippen molar-refractivity contribution >= 4 is 23.5 Å². The fourth-order valence-electron chi connectivity index (χ4n) is 1.99. The van der Waals surface area contributed by atoms with Gasteiger partial charge in [-0.1, -0.05) is 23.7 Å². The number of methoxy groups -OCH3 is 1. The lowest BCUT2D eigenvalue weighted by molar-refractivity contribution is -0.147. The number of rotatable bonds is 7. The molecule has 126 valence electrons. The van der Waals surface area contributed by atoms with E-state index in [1.807, 2.05) is 0 Å². The Balaban J connectivity index is 1.93. The number of hydrogen-bond acceptors (Lipinski definition) is 5. The molecule has 1 amide bonds. The first-order chi connectivity index (χ1) is 11.5. The number of carbonyl (C=O) groups excluding carboxylic acids is 2. The number of primary amides is 1. The van der Waals surface area contributed by atoms with E-state index in [4.69, 9.17) is 31.5 Å². The molecule has 0 aliphatic heterocycles. The molecule has 0 spiro atoms. The molecule has 0 bridgehead atoms. The van der Waals surface area contributed by atoms with E-state index in [2.05, 4.69) is 0 Å². The third kappa shape index (κ3) is 4.63. The van der Waals surface area contributed by atoms with Crippen LogP contribution in [0.4, 0.5) is 0 Å². The van der Waals surface area contributed by atoms with Crippen molar-refractivity contribution in [3.8, 4) is 11.5 Å². The van der Waals surface area contributed by atoms with E-state index in [1.165, 1.54) is 13.2 Å². The van der Waals surface area contributed by atoms with Crippen molar-refractivity contribution in [3.05, 3.63) is 58.6 Å². The van der Waals surface area contributed by atoms with Crippen molar-refractivity contribution in [2.75, 3.05) is 13.7 Å². The Morgan fingerprint density at radius 2 is 1.88 bits per heavy atom. The maximum absolute atomic E-state index is 11.8. The van der Waals surface area contributed by atoms with E-state index in [9.17, 15) is 9.59 Å². The summed E-state index contributed by atoms with van der Waals surface area (Å²) < 4.78 is 15.6. The molecule has 0 saturated heterocycles. The normalized spacial score (nSPS) is 10.1. The molecule has 0 aromatic heterocycles. The van der Waals surface area contributed by atoms with Gasteiger partial charge in [0, 0.05) is 10.6 Å². The molecule has 2 N–H and O–H groups in total. The van der Waals surface area contributed by atoms with Crippen molar-refractivity contribution in [1.29, 1.82) is 0 Å². The fraction of sp³-hybridized carbons (Fsp3) is 0.176. The summed E-state index contributed by atoms with van der Waals surface area (Å²) in [5.41, 5.74) is 6.07. The number of benzene rings is 2. The predicted molar refractivity (Wildman–Crippen MR) is 88.3 cm³/mol. The molecule has 0 unspecified atom stereocenters. The number of ether oxygens (including phenoxy) is 3. The lowest BCUT2D eigenvalue weighted by Gasteiger charge is -2.11. The van der Waals surface area contributed by atoms with Crippen molar-refractivity contribution in [1.82, 2.24) is 0 Å². The van der Waals surface area contributed by atoms with E-state index in [-0.39, 0.29) is 24.5 Å². The number of halogens is 1. The molecule has 0 heterocycles. The lowest BCUT2D eigenvalue weighted by atomic mass is 10.2. The van der Waals surface area contributed by atoms with Gasteiger partial charge in [-0.15, -0.1) is 0 Å². The minimum Gasteiger partial charge on any atom is -0.496 e. The Morgan fingerprint density at radius 1 is 1.12 bits per heavy atom. The Labute approximate surface area is 144 Å². The van der Waals surface area contributed by atoms with E-state index in [1.54, 1.807) is 36.4 Å². The van der Waals surface area contributed by atoms with Gasteiger partial charge in [0.1, 0.15) is 18.1 Å². The van der Waals surface area contributed by atoms with Crippen LogP contribution in [0.1, 0.15) is 15.9 Å².